The summed E-state index contributed by atoms with van der Waals surface area (Å²) in [5.41, 5.74) is 1.38. The summed E-state index contributed by atoms with van der Waals surface area (Å²) in [7, 11) is 0. The topological polar surface area (TPSA) is 38.3 Å². The highest BCUT2D eigenvalue weighted by molar-refractivity contribution is 5.94. The molecule has 0 aliphatic carbocycles. The number of carbonyl (C=O) groups excluding carboxylic acids is 1. The Morgan fingerprint density at radius 2 is 1.67 bits per heavy atom. The molecule has 0 aliphatic rings. The number of carbonyl (C=O) groups is 1. The van der Waals surface area contributed by atoms with E-state index >= 15 is 0 Å². The predicted molar refractivity (Wildman–Crippen MR) is 75.4 cm³/mol. The molecule has 0 aliphatic heterocycles. The Kier molecular flexibility index (Phi) is 4.87. The van der Waals surface area contributed by atoms with E-state index in [2.05, 4.69) is 10.1 Å². The first-order chi connectivity index (χ1) is 10.1. The molecular formula is C16H15F2NO2. The maximum absolute atomic E-state index is 12.1. The van der Waals surface area contributed by atoms with Crippen LogP contribution in [0, 0.1) is 0 Å². The van der Waals surface area contributed by atoms with E-state index in [0.29, 0.717) is 5.56 Å². The van der Waals surface area contributed by atoms with Gasteiger partial charge in [0.2, 0.25) is 0 Å². The first-order valence-electron chi connectivity index (χ1n) is 6.47. The van der Waals surface area contributed by atoms with Crippen molar-refractivity contribution in [1.82, 2.24) is 5.32 Å². The molecule has 0 bridgehead atoms. The highest BCUT2D eigenvalue weighted by atomic mass is 19.3. The molecule has 0 unspecified atom stereocenters. The minimum absolute atomic E-state index is 0.0929. The number of benzene rings is 2. The van der Waals surface area contributed by atoms with Crippen LogP contribution in [-0.4, -0.2) is 12.5 Å². The molecule has 0 saturated heterocycles. The third kappa shape index (κ3) is 4.27. The SMILES string of the molecule is C[C@H](NC(=O)c1ccccc1)c1ccc(OC(F)F)cc1. The molecule has 5 heteroatoms. The van der Waals surface area contributed by atoms with E-state index in [0.717, 1.165) is 5.56 Å². The maximum atomic E-state index is 12.1. The molecular weight excluding hydrogens is 276 g/mol. The largest absolute Gasteiger partial charge is 0.435 e. The normalized spacial score (nSPS) is 12.0. The monoisotopic (exact) mass is 291 g/mol. The molecule has 0 saturated carbocycles. The summed E-state index contributed by atoms with van der Waals surface area (Å²) < 4.78 is 28.4. The average molecular weight is 291 g/mol. The van der Waals surface area contributed by atoms with Crippen molar-refractivity contribution < 1.29 is 18.3 Å². The van der Waals surface area contributed by atoms with Crippen molar-refractivity contribution in [2.45, 2.75) is 19.6 Å². The Labute approximate surface area is 121 Å². The fraction of sp³-hybridized carbons (Fsp3) is 0.188. The lowest BCUT2D eigenvalue weighted by Gasteiger charge is -2.15. The van der Waals surface area contributed by atoms with Crippen molar-refractivity contribution in [3.63, 3.8) is 0 Å². The molecule has 0 radical (unpaired) electrons. The van der Waals surface area contributed by atoms with Crippen LogP contribution >= 0.6 is 0 Å². The Hall–Kier alpha value is -2.43. The van der Waals surface area contributed by atoms with Crippen LogP contribution in [0.4, 0.5) is 8.78 Å². The number of hydrogen-bond donors (Lipinski definition) is 1. The molecule has 1 atom stereocenters. The van der Waals surface area contributed by atoms with Crippen LogP contribution in [0.3, 0.4) is 0 Å². The maximum Gasteiger partial charge on any atom is 0.387 e. The van der Waals surface area contributed by atoms with Gasteiger partial charge in [0.15, 0.2) is 0 Å². The van der Waals surface area contributed by atoms with Crippen molar-refractivity contribution in [3.8, 4) is 5.75 Å². The minimum Gasteiger partial charge on any atom is -0.435 e. The van der Waals surface area contributed by atoms with Crippen LogP contribution in [0.5, 0.6) is 5.75 Å². The zero-order valence-electron chi connectivity index (χ0n) is 11.4. The van der Waals surface area contributed by atoms with Gasteiger partial charge in [0.05, 0.1) is 6.04 Å². The molecule has 110 valence electrons. The first kappa shape index (κ1) is 15.0. The third-order valence-corrected chi connectivity index (χ3v) is 2.99. The zero-order chi connectivity index (χ0) is 15.2. The van der Waals surface area contributed by atoms with E-state index in [1.54, 1.807) is 36.4 Å². The van der Waals surface area contributed by atoms with Crippen LogP contribution in [-0.2, 0) is 0 Å². The summed E-state index contributed by atoms with van der Waals surface area (Å²) >= 11 is 0. The highest BCUT2D eigenvalue weighted by Gasteiger charge is 2.11. The zero-order valence-corrected chi connectivity index (χ0v) is 11.4. The Balaban J connectivity index is 2.00. The smallest absolute Gasteiger partial charge is 0.387 e. The molecule has 0 spiro atoms. The van der Waals surface area contributed by atoms with Crippen molar-refractivity contribution in [2.75, 3.05) is 0 Å². The summed E-state index contributed by atoms with van der Waals surface area (Å²) in [6.07, 6.45) is 0. The van der Waals surface area contributed by atoms with Gasteiger partial charge in [-0.15, -0.1) is 0 Å². The summed E-state index contributed by atoms with van der Waals surface area (Å²) in [6, 6.07) is 14.8. The average Bonchev–Trinajstić information content (AvgIpc) is 2.48. The van der Waals surface area contributed by atoms with E-state index < -0.39 is 6.61 Å². The molecule has 2 rings (SSSR count). The van der Waals surface area contributed by atoms with Gasteiger partial charge in [-0.25, -0.2) is 0 Å². The number of rotatable bonds is 5. The second-order valence-electron chi connectivity index (χ2n) is 4.51. The number of amides is 1. The van der Waals surface area contributed by atoms with E-state index in [1.807, 2.05) is 13.0 Å². The summed E-state index contributed by atoms with van der Waals surface area (Å²) in [4.78, 5) is 12.0. The number of halogens is 2. The Morgan fingerprint density at radius 3 is 2.24 bits per heavy atom. The van der Waals surface area contributed by atoms with Gasteiger partial charge in [-0.2, -0.15) is 8.78 Å². The Bertz CT molecular complexity index is 585. The lowest BCUT2D eigenvalue weighted by atomic mass is 10.1. The van der Waals surface area contributed by atoms with Gasteiger partial charge in [0, 0.05) is 5.56 Å². The molecule has 2 aromatic carbocycles. The van der Waals surface area contributed by atoms with E-state index in [9.17, 15) is 13.6 Å². The van der Waals surface area contributed by atoms with Gasteiger partial charge in [-0.1, -0.05) is 30.3 Å². The van der Waals surface area contributed by atoms with Gasteiger partial charge < -0.3 is 10.1 Å². The van der Waals surface area contributed by atoms with E-state index in [-0.39, 0.29) is 17.7 Å². The molecule has 0 aromatic heterocycles. The van der Waals surface area contributed by atoms with Crippen LogP contribution in [0.2, 0.25) is 0 Å². The third-order valence-electron chi connectivity index (χ3n) is 2.99. The van der Waals surface area contributed by atoms with Crippen molar-refractivity contribution >= 4 is 5.91 Å². The molecule has 0 fully saturated rings. The van der Waals surface area contributed by atoms with Gasteiger partial charge in [-0.3, -0.25) is 4.79 Å². The lowest BCUT2D eigenvalue weighted by molar-refractivity contribution is -0.0498. The summed E-state index contributed by atoms with van der Waals surface area (Å²) in [6.45, 7) is -1.02. The number of hydrogen-bond acceptors (Lipinski definition) is 2. The molecule has 2 aromatic rings. The highest BCUT2D eigenvalue weighted by Crippen LogP contribution is 2.19. The fourth-order valence-corrected chi connectivity index (χ4v) is 1.89. The number of alkyl halides is 2. The van der Waals surface area contributed by atoms with Crippen LogP contribution in [0.15, 0.2) is 54.6 Å². The quantitative estimate of drug-likeness (QED) is 0.910. The number of ether oxygens (including phenoxy) is 1. The molecule has 0 heterocycles. The van der Waals surface area contributed by atoms with Crippen molar-refractivity contribution in [3.05, 3.63) is 65.7 Å². The van der Waals surface area contributed by atoms with Crippen LogP contribution in [0.25, 0.3) is 0 Å². The number of nitrogens with one attached hydrogen (secondary N) is 1. The summed E-state index contributed by atoms with van der Waals surface area (Å²) in [5.74, 6) is -0.0913. The summed E-state index contributed by atoms with van der Waals surface area (Å²) in [5, 5.41) is 2.84. The molecule has 3 nitrogen and oxygen atoms in total. The fourth-order valence-electron chi connectivity index (χ4n) is 1.89. The standard InChI is InChI=1S/C16H15F2NO2/c1-11(19-15(20)13-5-3-2-4-6-13)12-7-9-14(10-8-12)21-16(17)18/h2-11,16H,1H3,(H,19,20)/t11-/m0/s1. The Morgan fingerprint density at radius 1 is 1.05 bits per heavy atom. The van der Waals surface area contributed by atoms with Gasteiger partial charge in [0.25, 0.3) is 5.91 Å². The minimum atomic E-state index is -2.84. The van der Waals surface area contributed by atoms with E-state index in [1.165, 1.54) is 12.1 Å². The van der Waals surface area contributed by atoms with Crippen molar-refractivity contribution in [1.29, 1.82) is 0 Å². The lowest BCUT2D eigenvalue weighted by Crippen LogP contribution is -2.26. The van der Waals surface area contributed by atoms with E-state index in [4.69, 9.17) is 0 Å². The van der Waals surface area contributed by atoms with Crippen LogP contribution in [0.1, 0.15) is 28.9 Å². The second kappa shape index (κ2) is 6.83. The molecule has 1 amide bonds. The molecule has 21 heavy (non-hydrogen) atoms. The van der Waals surface area contributed by atoms with Gasteiger partial charge in [-0.05, 0) is 36.8 Å². The molecule has 1 N–H and O–H groups in total. The van der Waals surface area contributed by atoms with Crippen molar-refractivity contribution in [2.24, 2.45) is 0 Å². The van der Waals surface area contributed by atoms with Gasteiger partial charge in [0.1, 0.15) is 5.75 Å². The predicted octanol–water partition coefficient (Wildman–Crippen LogP) is 3.78. The van der Waals surface area contributed by atoms with Crippen LogP contribution < -0.4 is 10.1 Å². The first-order valence-corrected chi connectivity index (χ1v) is 6.47. The second-order valence-corrected chi connectivity index (χ2v) is 4.51. The van der Waals surface area contributed by atoms with Gasteiger partial charge >= 0.3 is 6.61 Å².